The summed E-state index contributed by atoms with van der Waals surface area (Å²) in [5.74, 6) is -0.800. The average molecular weight is 760 g/mol. The molecule has 0 aromatic carbocycles. The molecule has 0 aromatic rings. The molecule has 0 heterocycles. The molecule has 0 fully saturated rings. The van der Waals surface area contributed by atoms with Crippen LogP contribution in [-0.2, 0) is 32.7 Å². The molecule has 308 valence electrons. The zero-order valence-electron chi connectivity index (χ0n) is 34.3. The van der Waals surface area contributed by atoms with E-state index in [0.29, 0.717) is 19.4 Å². The largest absolute Gasteiger partial charge is 0.472 e. The van der Waals surface area contributed by atoms with Crippen molar-refractivity contribution >= 4 is 19.8 Å². The maximum atomic E-state index is 12.6. The third-order valence-electron chi connectivity index (χ3n) is 9.32. The molecule has 0 spiro atoms. The van der Waals surface area contributed by atoms with Gasteiger partial charge >= 0.3 is 19.8 Å². The lowest BCUT2D eigenvalue weighted by atomic mass is 10.0. The van der Waals surface area contributed by atoms with Crippen LogP contribution in [0.15, 0.2) is 12.2 Å². The van der Waals surface area contributed by atoms with Crippen molar-refractivity contribution in [3.63, 3.8) is 0 Å². The number of phosphoric acid groups is 1. The zero-order chi connectivity index (χ0) is 38.4. The molecule has 2 unspecified atom stereocenters. The lowest BCUT2D eigenvalue weighted by Crippen LogP contribution is -2.29. The number of likely N-dealkylation sites (N-methyl/N-ethyl adjacent to an activating group) is 1. The van der Waals surface area contributed by atoms with E-state index in [1.54, 1.807) is 0 Å². The summed E-state index contributed by atoms with van der Waals surface area (Å²) >= 11 is 0. The van der Waals surface area contributed by atoms with Gasteiger partial charge in [-0.3, -0.25) is 18.6 Å². The standard InChI is InChI=1S/C42H82NO8P/c1-5-7-9-11-13-15-17-19-20-21-22-23-25-27-29-31-33-35-42(45)51-40(39-50-52(46,47)49-37-36-43(3)4)38-48-41(44)34-32-30-28-26-24-18-16-14-12-10-8-6-2/h19-20,40H,5-18,21-39H2,1-4H3,(H,46,47)/b20-19-. The van der Waals surface area contributed by atoms with Gasteiger partial charge in [0, 0.05) is 19.4 Å². The normalized spacial score (nSPS) is 13.5. The molecule has 0 amide bonds. The number of phosphoric ester groups is 1. The average Bonchev–Trinajstić information content (AvgIpc) is 3.11. The second-order valence-electron chi connectivity index (χ2n) is 14.9. The molecule has 9 nitrogen and oxygen atoms in total. The van der Waals surface area contributed by atoms with Gasteiger partial charge in [0.2, 0.25) is 0 Å². The molecule has 0 saturated carbocycles. The Labute approximate surface area is 320 Å². The first-order valence-corrected chi connectivity index (χ1v) is 23.0. The van der Waals surface area contributed by atoms with Crippen LogP contribution in [0.25, 0.3) is 0 Å². The van der Waals surface area contributed by atoms with Crippen LogP contribution in [0.1, 0.15) is 200 Å². The summed E-state index contributed by atoms with van der Waals surface area (Å²) in [4.78, 5) is 37.0. The summed E-state index contributed by atoms with van der Waals surface area (Å²) in [6, 6.07) is 0. The number of ether oxygens (including phenoxy) is 2. The van der Waals surface area contributed by atoms with Crippen LogP contribution >= 0.6 is 7.82 Å². The van der Waals surface area contributed by atoms with Gasteiger partial charge in [0.05, 0.1) is 13.2 Å². The molecule has 0 saturated heterocycles. The molecule has 0 rings (SSSR count). The minimum Gasteiger partial charge on any atom is -0.462 e. The maximum absolute atomic E-state index is 12.6. The van der Waals surface area contributed by atoms with Crippen molar-refractivity contribution in [1.82, 2.24) is 4.90 Å². The highest BCUT2D eigenvalue weighted by Gasteiger charge is 2.26. The maximum Gasteiger partial charge on any atom is 0.472 e. The number of carbonyl (C=O) groups excluding carboxylic acids is 2. The summed E-state index contributed by atoms with van der Waals surface area (Å²) in [6.07, 6.45) is 36.8. The van der Waals surface area contributed by atoms with E-state index in [-0.39, 0.29) is 25.6 Å². The molecular formula is C42H82NO8P. The highest BCUT2D eigenvalue weighted by molar-refractivity contribution is 7.47. The number of esters is 2. The van der Waals surface area contributed by atoms with Gasteiger partial charge in [-0.2, -0.15) is 0 Å². The predicted octanol–water partition coefficient (Wildman–Crippen LogP) is 12.0. The van der Waals surface area contributed by atoms with Crippen LogP contribution in [-0.4, -0.2) is 68.3 Å². The van der Waals surface area contributed by atoms with E-state index in [4.69, 9.17) is 18.5 Å². The van der Waals surface area contributed by atoms with Gasteiger partial charge < -0.3 is 19.3 Å². The van der Waals surface area contributed by atoms with E-state index in [1.165, 1.54) is 122 Å². The van der Waals surface area contributed by atoms with Gasteiger partial charge in [-0.1, -0.05) is 161 Å². The van der Waals surface area contributed by atoms with E-state index >= 15 is 0 Å². The van der Waals surface area contributed by atoms with E-state index in [0.717, 1.165) is 44.9 Å². The highest BCUT2D eigenvalue weighted by Crippen LogP contribution is 2.43. The van der Waals surface area contributed by atoms with Crippen LogP contribution in [0.3, 0.4) is 0 Å². The summed E-state index contributed by atoms with van der Waals surface area (Å²) in [5, 5.41) is 0. The first-order chi connectivity index (χ1) is 25.2. The number of rotatable bonds is 40. The Bertz CT molecular complexity index is 884. The van der Waals surface area contributed by atoms with Gasteiger partial charge in [-0.25, -0.2) is 4.57 Å². The predicted molar refractivity (Wildman–Crippen MR) is 216 cm³/mol. The number of hydrogen-bond donors (Lipinski definition) is 1. The molecule has 0 aliphatic carbocycles. The molecule has 0 aliphatic rings. The van der Waals surface area contributed by atoms with Crippen molar-refractivity contribution in [3.8, 4) is 0 Å². The second kappa shape index (κ2) is 38.0. The van der Waals surface area contributed by atoms with Crippen LogP contribution in [0.4, 0.5) is 0 Å². The van der Waals surface area contributed by atoms with Crippen LogP contribution in [0, 0.1) is 0 Å². The summed E-state index contributed by atoms with van der Waals surface area (Å²) in [5.41, 5.74) is 0. The molecule has 1 N–H and O–H groups in total. The van der Waals surface area contributed by atoms with E-state index in [2.05, 4.69) is 26.0 Å². The van der Waals surface area contributed by atoms with Crippen LogP contribution in [0.5, 0.6) is 0 Å². The molecule has 0 radical (unpaired) electrons. The molecule has 10 heteroatoms. The topological polar surface area (TPSA) is 112 Å². The monoisotopic (exact) mass is 760 g/mol. The smallest absolute Gasteiger partial charge is 0.462 e. The van der Waals surface area contributed by atoms with Crippen LogP contribution in [0.2, 0.25) is 0 Å². The fourth-order valence-corrected chi connectivity index (χ4v) is 6.72. The Hall–Kier alpha value is -1.25. The fourth-order valence-electron chi connectivity index (χ4n) is 5.98. The van der Waals surface area contributed by atoms with Gasteiger partial charge in [-0.05, 0) is 52.6 Å². The Kier molecular flexibility index (Phi) is 37.1. The third kappa shape index (κ3) is 38.5. The molecule has 0 bridgehead atoms. The Morgan fingerprint density at radius 2 is 0.981 bits per heavy atom. The molecule has 0 aliphatic heterocycles. The van der Waals surface area contributed by atoms with E-state index in [9.17, 15) is 19.0 Å². The lowest BCUT2D eigenvalue weighted by molar-refractivity contribution is -0.161. The van der Waals surface area contributed by atoms with Gasteiger partial charge in [0.15, 0.2) is 6.10 Å². The Balaban J connectivity index is 4.27. The third-order valence-corrected chi connectivity index (χ3v) is 10.3. The van der Waals surface area contributed by atoms with Gasteiger partial charge in [-0.15, -0.1) is 0 Å². The fraction of sp³-hybridized carbons (Fsp3) is 0.905. The number of carbonyl (C=O) groups is 2. The van der Waals surface area contributed by atoms with Gasteiger partial charge in [0.25, 0.3) is 0 Å². The van der Waals surface area contributed by atoms with E-state index in [1.807, 2.05) is 19.0 Å². The van der Waals surface area contributed by atoms with Crippen molar-refractivity contribution in [2.75, 3.05) is 40.5 Å². The Morgan fingerprint density at radius 1 is 0.577 bits per heavy atom. The number of unbranched alkanes of at least 4 members (excludes halogenated alkanes) is 24. The molecular weight excluding hydrogens is 677 g/mol. The molecule has 0 aromatic heterocycles. The molecule has 2 atom stereocenters. The van der Waals surface area contributed by atoms with Crippen molar-refractivity contribution in [1.29, 1.82) is 0 Å². The quantitative estimate of drug-likeness (QED) is 0.0282. The number of allylic oxidation sites excluding steroid dienone is 2. The Morgan fingerprint density at radius 3 is 1.42 bits per heavy atom. The van der Waals surface area contributed by atoms with Crippen molar-refractivity contribution in [3.05, 3.63) is 12.2 Å². The number of nitrogens with zero attached hydrogens (tertiary/aromatic N) is 1. The van der Waals surface area contributed by atoms with Crippen molar-refractivity contribution < 1.29 is 37.6 Å². The van der Waals surface area contributed by atoms with Crippen LogP contribution < -0.4 is 0 Å². The van der Waals surface area contributed by atoms with E-state index < -0.39 is 26.5 Å². The first-order valence-electron chi connectivity index (χ1n) is 21.5. The highest BCUT2D eigenvalue weighted by atomic mass is 31.2. The van der Waals surface area contributed by atoms with Crippen molar-refractivity contribution in [2.24, 2.45) is 0 Å². The zero-order valence-corrected chi connectivity index (χ0v) is 35.2. The summed E-state index contributed by atoms with van der Waals surface area (Å²) in [6.45, 7) is 4.33. The van der Waals surface area contributed by atoms with Crippen molar-refractivity contribution in [2.45, 2.75) is 206 Å². The summed E-state index contributed by atoms with van der Waals surface area (Å²) in [7, 11) is -0.704. The number of hydrogen-bond acceptors (Lipinski definition) is 8. The SMILES string of the molecule is CCCCCCCC/C=C\CCCCCCCCCC(=O)OC(COC(=O)CCCCCCCCCCCCCC)COP(=O)(O)OCCN(C)C. The second-order valence-corrected chi connectivity index (χ2v) is 16.3. The minimum atomic E-state index is -4.35. The summed E-state index contributed by atoms with van der Waals surface area (Å²) < 4.78 is 33.4. The lowest BCUT2D eigenvalue weighted by Gasteiger charge is -2.20. The molecule has 52 heavy (non-hydrogen) atoms. The minimum absolute atomic E-state index is 0.00955. The first kappa shape index (κ1) is 50.8. The van der Waals surface area contributed by atoms with Gasteiger partial charge in [0.1, 0.15) is 6.61 Å².